The van der Waals surface area contributed by atoms with Crippen LogP contribution in [0.4, 0.5) is 0 Å². The number of ketones is 1. The van der Waals surface area contributed by atoms with Crippen LogP contribution in [0.2, 0.25) is 0 Å². The third-order valence-corrected chi connectivity index (χ3v) is 4.40. The number of carbonyl (C=O) groups is 1. The number of carbonyl (C=O) groups excluding carboxylic acids is 1. The maximum atomic E-state index is 12.6. The average molecular weight is 328 g/mol. The summed E-state index contributed by atoms with van der Waals surface area (Å²) in [6.45, 7) is 3.84. The molecule has 2 nitrogen and oxygen atoms in total. The van der Waals surface area contributed by atoms with Crippen LogP contribution in [0.5, 0.6) is 0 Å². The van der Waals surface area contributed by atoms with Gasteiger partial charge in [0.1, 0.15) is 5.92 Å². The van der Waals surface area contributed by atoms with E-state index in [2.05, 4.69) is 22.0 Å². The van der Waals surface area contributed by atoms with E-state index in [1.807, 2.05) is 50.2 Å². The average Bonchev–Trinajstić information content (AvgIpc) is 2.44. The Morgan fingerprint density at radius 3 is 2.40 bits per heavy atom. The molecule has 0 spiro atoms. The van der Waals surface area contributed by atoms with Crippen LogP contribution < -0.4 is 0 Å². The minimum absolute atomic E-state index is 0.169. The van der Waals surface area contributed by atoms with Crippen molar-refractivity contribution in [2.75, 3.05) is 0 Å². The fourth-order valence-corrected chi connectivity index (χ4v) is 2.63. The summed E-state index contributed by atoms with van der Waals surface area (Å²) in [4.78, 5) is 12.6. The maximum absolute atomic E-state index is 12.6. The Labute approximate surface area is 127 Å². The van der Waals surface area contributed by atoms with E-state index in [4.69, 9.17) is 0 Å². The summed E-state index contributed by atoms with van der Waals surface area (Å²) in [5.74, 6) is -0.938. The number of nitrogens with zero attached hydrogens (tertiary/aromatic N) is 1. The van der Waals surface area contributed by atoms with Crippen molar-refractivity contribution in [3.05, 3.63) is 69.2 Å². The van der Waals surface area contributed by atoms with Gasteiger partial charge in [-0.25, -0.2) is 0 Å². The van der Waals surface area contributed by atoms with Crippen LogP contribution in [0.3, 0.4) is 0 Å². The molecule has 100 valence electrons. The van der Waals surface area contributed by atoms with Gasteiger partial charge in [0, 0.05) is 10.0 Å². The lowest BCUT2D eigenvalue weighted by Crippen LogP contribution is -2.13. The first-order chi connectivity index (χ1) is 9.56. The molecule has 1 unspecified atom stereocenters. The van der Waals surface area contributed by atoms with E-state index in [0.29, 0.717) is 5.56 Å². The van der Waals surface area contributed by atoms with Crippen molar-refractivity contribution in [2.45, 2.75) is 19.8 Å². The number of nitriles is 1. The molecule has 0 radical (unpaired) electrons. The molecule has 0 heterocycles. The van der Waals surface area contributed by atoms with Crippen molar-refractivity contribution < 1.29 is 4.79 Å². The number of aryl methyl sites for hydroxylation is 2. The molecule has 1 atom stereocenters. The van der Waals surface area contributed by atoms with Gasteiger partial charge >= 0.3 is 0 Å². The SMILES string of the molecule is Cc1ccccc1C(C#N)C(=O)c1cccc(C)c1Br. The standard InChI is InChI=1S/C17H14BrNO/c1-11-6-3-4-8-13(11)15(10-19)17(20)14-9-5-7-12(2)16(14)18/h3-9,15H,1-2H3. The molecule has 20 heavy (non-hydrogen) atoms. The fourth-order valence-electron chi connectivity index (χ4n) is 2.17. The lowest BCUT2D eigenvalue weighted by atomic mass is 9.89. The van der Waals surface area contributed by atoms with Crippen molar-refractivity contribution in [2.24, 2.45) is 0 Å². The first kappa shape index (κ1) is 14.5. The topological polar surface area (TPSA) is 40.9 Å². The maximum Gasteiger partial charge on any atom is 0.185 e. The van der Waals surface area contributed by atoms with Crippen LogP contribution in [-0.2, 0) is 0 Å². The van der Waals surface area contributed by atoms with E-state index in [1.54, 1.807) is 6.07 Å². The molecular formula is C17H14BrNO. The van der Waals surface area contributed by atoms with Crippen molar-refractivity contribution in [1.29, 1.82) is 5.26 Å². The van der Waals surface area contributed by atoms with Crippen molar-refractivity contribution in [3.63, 3.8) is 0 Å². The molecule has 2 aromatic rings. The first-order valence-corrected chi connectivity index (χ1v) is 7.10. The molecule has 0 N–H and O–H groups in total. The highest BCUT2D eigenvalue weighted by Gasteiger charge is 2.24. The number of hydrogen-bond acceptors (Lipinski definition) is 2. The summed E-state index contributed by atoms with van der Waals surface area (Å²) in [6.07, 6.45) is 0. The minimum Gasteiger partial charge on any atom is -0.292 e. The van der Waals surface area contributed by atoms with Gasteiger partial charge in [0.05, 0.1) is 6.07 Å². The third-order valence-electron chi connectivity index (χ3n) is 3.35. The van der Waals surface area contributed by atoms with Crippen LogP contribution in [0.15, 0.2) is 46.9 Å². The van der Waals surface area contributed by atoms with Gasteiger partial charge in [0.15, 0.2) is 5.78 Å². The highest BCUT2D eigenvalue weighted by atomic mass is 79.9. The number of Topliss-reactive ketones (excluding diaryl/α,β-unsaturated/α-hetero) is 1. The predicted molar refractivity (Wildman–Crippen MR) is 82.7 cm³/mol. The van der Waals surface area contributed by atoms with Crippen LogP contribution in [-0.4, -0.2) is 5.78 Å². The third kappa shape index (κ3) is 2.66. The largest absolute Gasteiger partial charge is 0.292 e. The van der Waals surface area contributed by atoms with Crippen molar-refractivity contribution in [1.82, 2.24) is 0 Å². The Kier molecular flexibility index (Phi) is 4.36. The van der Waals surface area contributed by atoms with Crippen molar-refractivity contribution in [3.8, 4) is 6.07 Å². The number of benzene rings is 2. The summed E-state index contributed by atoms with van der Waals surface area (Å²) < 4.78 is 0.763. The van der Waals surface area contributed by atoms with E-state index in [0.717, 1.165) is 21.2 Å². The number of hydrogen-bond donors (Lipinski definition) is 0. The summed E-state index contributed by atoms with van der Waals surface area (Å²) in [6, 6.07) is 15.2. The Hall–Kier alpha value is -1.92. The zero-order valence-electron chi connectivity index (χ0n) is 11.4. The van der Waals surface area contributed by atoms with Gasteiger partial charge in [-0.3, -0.25) is 4.79 Å². The zero-order valence-corrected chi connectivity index (χ0v) is 12.9. The van der Waals surface area contributed by atoms with E-state index in [1.165, 1.54) is 0 Å². The van der Waals surface area contributed by atoms with Gasteiger partial charge in [0.25, 0.3) is 0 Å². The quantitative estimate of drug-likeness (QED) is 0.775. The normalized spacial score (nSPS) is 11.7. The monoisotopic (exact) mass is 327 g/mol. The number of halogens is 1. The van der Waals surface area contributed by atoms with Crippen LogP contribution in [0.25, 0.3) is 0 Å². The number of rotatable bonds is 3. The molecule has 0 aliphatic rings. The zero-order chi connectivity index (χ0) is 14.7. The molecule has 0 aliphatic carbocycles. The van der Waals surface area contributed by atoms with Crippen LogP contribution in [0, 0.1) is 25.2 Å². The molecular weight excluding hydrogens is 314 g/mol. The molecule has 0 saturated heterocycles. The Morgan fingerprint density at radius 1 is 1.10 bits per heavy atom. The second kappa shape index (κ2) is 6.02. The molecule has 0 aliphatic heterocycles. The summed E-state index contributed by atoms with van der Waals surface area (Å²) in [5.41, 5.74) is 3.27. The van der Waals surface area contributed by atoms with Crippen molar-refractivity contribution >= 4 is 21.7 Å². The van der Waals surface area contributed by atoms with Gasteiger partial charge in [-0.2, -0.15) is 5.26 Å². The second-order valence-corrected chi connectivity index (χ2v) is 5.51. The summed E-state index contributed by atoms with van der Waals surface area (Å²) in [5, 5.41) is 9.41. The smallest absolute Gasteiger partial charge is 0.185 e. The second-order valence-electron chi connectivity index (χ2n) is 4.72. The van der Waals surface area contributed by atoms with Gasteiger partial charge in [-0.05, 0) is 46.5 Å². The molecule has 3 heteroatoms. The summed E-state index contributed by atoms with van der Waals surface area (Å²) >= 11 is 3.44. The molecule has 0 saturated carbocycles. The van der Waals surface area contributed by atoms with Gasteiger partial charge in [-0.1, -0.05) is 42.5 Å². The Bertz CT molecular complexity index is 700. The summed E-state index contributed by atoms with van der Waals surface area (Å²) in [7, 11) is 0. The molecule has 0 aromatic heterocycles. The van der Waals surface area contributed by atoms with Gasteiger partial charge in [-0.15, -0.1) is 0 Å². The van der Waals surface area contributed by atoms with Crippen LogP contribution >= 0.6 is 15.9 Å². The minimum atomic E-state index is -0.769. The molecule has 2 aromatic carbocycles. The molecule has 0 bridgehead atoms. The first-order valence-electron chi connectivity index (χ1n) is 6.30. The van der Waals surface area contributed by atoms with Gasteiger partial charge in [0.2, 0.25) is 0 Å². The lowest BCUT2D eigenvalue weighted by molar-refractivity contribution is 0.0978. The lowest BCUT2D eigenvalue weighted by Gasteiger charge is -2.13. The molecule has 2 rings (SSSR count). The predicted octanol–water partition coefficient (Wildman–Crippen LogP) is 4.56. The highest BCUT2D eigenvalue weighted by molar-refractivity contribution is 9.10. The van der Waals surface area contributed by atoms with E-state index in [9.17, 15) is 10.1 Å². The van der Waals surface area contributed by atoms with E-state index in [-0.39, 0.29) is 5.78 Å². The Morgan fingerprint density at radius 2 is 1.75 bits per heavy atom. The van der Waals surface area contributed by atoms with Crippen LogP contribution in [0.1, 0.15) is 33.0 Å². The van der Waals surface area contributed by atoms with E-state index >= 15 is 0 Å². The molecule has 0 amide bonds. The van der Waals surface area contributed by atoms with E-state index < -0.39 is 5.92 Å². The Balaban J connectivity index is 2.49. The fraction of sp³-hybridized carbons (Fsp3) is 0.176. The van der Waals surface area contributed by atoms with Gasteiger partial charge < -0.3 is 0 Å². The highest BCUT2D eigenvalue weighted by Crippen LogP contribution is 2.28. The molecule has 0 fully saturated rings.